The number of nitrogens with one attached hydrogen (secondary N) is 2. The molecule has 2 N–H and O–H groups in total. The van der Waals surface area contributed by atoms with Crippen LogP contribution in [0.1, 0.15) is 22.8 Å². The summed E-state index contributed by atoms with van der Waals surface area (Å²) in [7, 11) is 0. The maximum atomic E-state index is 12.8. The molecule has 0 atom stereocenters. The molecular formula is C26H26N6O2. The molecule has 34 heavy (non-hydrogen) atoms. The van der Waals surface area contributed by atoms with Crippen molar-refractivity contribution in [2.45, 2.75) is 13.3 Å². The number of imidazole rings is 1. The molecule has 0 saturated carbocycles. The second-order valence-corrected chi connectivity index (χ2v) is 8.24. The number of carbonyl (C=O) groups excluding carboxylic acids is 2. The Balaban J connectivity index is 1.45. The van der Waals surface area contributed by atoms with Crippen LogP contribution in [0.5, 0.6) is 0 Å². The van der Waals surface area contributed by atoms with Crippen molar-refractivity contribution in [2.24, 2.45) is 0 Å². The van der Waals surface area contributed by atoms with Gasteiger partial charge in [0, 0.05) is 48.6 Å². The third-order valence-electron chi connectivity index (χ3n) is 6.19. The number of fused-ring (bicyclic) bond motifs is 1. The van der Waals surface area contributed by atoms with E-state index in [0.29, 0.717) is 12.0 Å². The second kappa shape index (κ2) is 9.44. The quantitative estimate of drug-likeness (QED) is 0.437. The zero-order valence-electron chi connectivity index (χ0n) is 19.0. The van der Waals surface area contributed by atoms with Crippen LogP contribution in [-0.2, 0) is 11.2 Å². The van der Waals surface area contributed by atoms with Gasteiger partial charge < -0.3 is 15.5 Å². The lowest BCUT2D eigenvalue weighted by Gasteiger charge is -2.27. The van der Waals surface area contributed by atoms with Crippen LogP contribution in [0.3, 0.4) is 0 Å². The Morgan fingerprint density at radius 2 is 1.82 bits per heavy atom. The Hall–Kier alpha value is -4.04. The van der Waals surface area contributed by atoms with Gasteiger partial charge in [-0.15, -0.1) is 0 Å². The van der Waals surface area contributed by atoms with Gasteiger partial charge in [-0.1, -0.05) is 25.1 Å². The Kier molecular flexibility index (Phi) is 6.05. The van der Waals surface area contributed by atoms with E-state index >= 15 is 0 Å². The molecule has 0 bridgehead atoms. The fourth-order valence-corrected chi connectivity index (χ4v) is 4.31. The molecule has 2 aromatic carbocycles. The van der Waals surface area contributed by atoms with Gasteiger partial charge in [-0.25, -0.2) is 9.50 Å². The molecule has 8 heteroatoms. The van der Waals surface area contributed by atoms with Crippen molar-refractivity contribution in [3.63, 3.8) is 0 Å². The fourth-order valence-electron chi connectivity index (χ4n) is 4.31. The van der Waals surface area contributed by atoms with Crippen LogP contribution in [-0.4, -0.2) is 58.0 Å². The molecule has 1 fully saturated rings. The molecule has 172 valence electrons. The predicted molar refractivity (Wildman–Crippen MR) is 132 cm³/mol. The molecule has 2 amide bonds. The first-order valence-electron chi connectivity index (χ1n) is 11.5. The second-order valence-electron chi connectivity index (χ2n) is 8.24. The molecule has 1 saturated heterocycles. The topological polar surface area (TPSA) is 91.6 Å². The molecule has 3 heterocycles. The molecule has 5 rings (SSSR count). The average Bonchev–Trinajstić information content (AvgIpc) is 3.32. The van der Waals surface area contributed by atoms with Crippen molar-refractivity contribution in [1.29, 1.82) is 0 Å². The first-order chi connectivity index (χ1) is 16.7. The average molecular weight is 455 g/mol. The van der Waals surface area contributed by atoms with Gasteiger partial charge in [-0.2, -0.15) is 5.10 Å². The van der Waals surface area contributed by atoms with Gasteiger partial charge >= 0.3 is 0 Å². The van der Waals surface area contributed by atoms with Gasteiger partial charge in [0.25, 0.3) is 5.91 Å². The summed E-state index contributed by atoms with van der Waals surface area (Å²) < 4.78 is 1.83. The molecule has 0 unspecified atom stereocenters. The van der Waals surface area contributed by atoms with Crippen LogP contribution < -0.4 is 10.6 Å². The van der Waals surface area contributed by atoms with Crippen LogP contribution in [0.4, 0.5) is 5.69 Å². The van der Waals surface area contributed by atoms with E-state index in [2.05, 4.69) is 28.6 Å². The van der Waals surface area contributed by atoms with Crippen LogP contribution in [0.15, 0.2) is 60.8 Å². The van der Waals surface area contributed by atoms with Crippen molar-refractivity contribution in [2.75, 3.05) is 31.5 Å². The first-order valence-corrected chi connectivity index (χ1v) is 11.5. The first kappa shape index (κ1) is 21.8. The van der Waals surface area contributed by atoms with E-state index in [1.807, 2.05) is 64.1 Å². The number of carbonyl (C=O) groups is 2. The van der Waals surface area contributed by atoms with Gasteiger partial charge in [0.05, 0.1) is 17.6 Å². The fraction of sp³-hybridized carbons (Fsp3) is 0.231. The van der Waals surface area contributed by atoms with Crippen LogP contribution >= 0.6 is 0 Å². The van der Waals surface area contributed by atoms with E-state index in [-0.39, 0.29) is 5.91 Å². The van der Waals surface area contributed by atoms with Gasteiger partial charge in [0.15, 0.2) is 5.65 Å². The molecule has 0 radical (unpaired) electrons. The molecule has 2 aromatic heterocycles. The Bertz CT molecular complexity index is 1340. The van der Waals surface area contributed by atoms with E-state index < -0.39 is 0 Å². The van der Waals surface area contributed by atoms with E-state index in [0.717, 1.165) is 72.0 Å². The molecule has 1 aliphatic rings. The lowest BCUT2D eigenvalue weighted by Crippen LogP contribution is -2.46. The highest BCUT2D eigenvalue weighted by Gasteiger charge is 2.18. The largest absolute Gasteiger partial charge is 0.336 e. The molecule has 1 aliphatic heterocycles. The van der Waals surface area contributed by atoms with Crippen molar-refractivity contribution in [1.82, 2.24) is 24.8 Å². The summed E-state index contributed by atoms with van der Waals surface area (Å²) in [6.07, 6.45) is 3.29. The Morgan fingerprint density at radius 1 is 1.06 bits per heavy atom. The zero-order chi connectivity index (χ0) is 23.5. The number of amides is 2. The highest BCUT2D eigenvalue weighted by atomic mass is 16.2. The number of hydrogen-bond donors (Lipinski definition) is 2. The summed E-state index contributed by atoms with van der Waals surface area (Å²) >= 11 is 0. The summed E-state index contributed by atoms with van der Waals surface area (Å²) in [6, 6.07) is 17.4. The number of rotatable bonds is 6. The van der Waals surface area contributed by atoms with Crippen molar-refractivity contribution < 1.29 is 9.59 Å². The standard InChI is InChI=1S/C26H26N6O2/c1-2-18-15-21(7-8-22(18)29-17-33)24-16-28-25-10-9-23(30-32(24)25)19-3-5-20(6-4-19)26(34)31-13-11-27-12-14-31/h3-10,15-17,27H,2,11-14H2,1H3,(H,29,33). The van der Waals surface area contributed by atoms with Crippen LogP contribution in [0, 0.1) is 0 Å². The highest BCUT2D eigenvalue weighted by Crippen LogP contribution is 2.27. The molecular weight excluding hydrogens is 428 g/mol. The predicted octanol–water partition coefficient (Wildman–Crippen LogP) is 3.24. The number of aryl methyl sites for hydroxylation is 1. The number of anilines is 1. The van der Waals surface area contributed by atoms with Crippen molar-refractivity contribution in [3.05, 3.63) is 71.9 Å². The minimum Gasteiger partial charge on any atom is -0.336 e. The van der Waals surface area contributed by atoms with Gasteiger partial charge in [-0.3, -0.25) is 9.59 Å². The Morgan fingerprint density at radius 3 is 2.56 bits per heavy atom. The number of benzene rings is 2. The van der Waals surface area contributed by atoms with Gasteiger partial charge in [0.1, 0.15) is 0 Å². The number of piperazine rings is 1. The molecule has 8 nitrogen and oxygen atoms in total. The van der Waals surface area contributed by atoms with Crippen LogP contribution in [0.25, 0.3) is 28.2 Å². The minimum atomic E-state index is 0.0626. The van der Waals surface area contributed by atoms with Crippen molar-refractivity contribution >= 4 is 23.7 Å². The summed E-state index contributed by atoms with van der Waals surface area (Å²) in [5, 5.41) is 10.9. The van der Waals surface area contributed by atoms with Crippen molar-refractivity contribution in [3.8, 4) is 22.5 Å². The smallest absolute Gasteiger partial charge is 0.253 e. The lowest BCUT2D eigenvalue weighted by molar-refractivity contribution is -0.105. The minimum absolute atomic E-state index is 0.0626. The summed E-state index contributed by atoms with van der Waals surface area (Å²) in [6.45, 7) is 5.17. The van der Waals surface area contributed by atoms with Gasteiger partial charge in [0.2, 0.25) is 6.41 Å². The third-order valence-corrected chi connectivity index (χ3v) is 6.19. The van der Waals surface area contributed by atoms with Crippen LogP contribution in [0.2, 0.25) is 0 Å². The maximum Gasteiger partial charge on any atom is 0.253 e. The van der Waals surface area contributed by atoms with E-state index in [1.54, 1.807) is 0 Å². The third kappa shape index (κ3) is 4.15. The molecule has 0 aliphatic carbocycles. The summed E-state index contributed by atoms with van der Waals surface area (Å²) in [5.41, 5.74) is 6.85. The number of nitrogens with zero attached hydrogens (tertiary/aromatic N) is 4. The van der Waals surface area contributed by atoms with E-state index in [1.165, 1.54) is 0 Å². The number of aromatic nitrogens is 3. The normalized spacial score (nSPS) is 13.7. The molecule has 0 spiro atoms. The molecule has 4 aromatic rings. The zero-order valence-corrected chi connectivity index (χ0v) is 19.0. The SMILES string of the molecule is CCc1cc(-c2cnc3ccc(-c4ccc(C(=O)N5CCNCC5)cc4)nn23)ccc1NC=O. The summed E-state index contributed by atoms with van der Waals surface area (Å²) in [5.74, 6) is 0.0626. The lowest BCUT2D eigenvalue weighted by atomic mass is 10.0. The summed E-state index contributed by atoms with van der Waals surface area (Å²) in [4.78, 5) is 30.0. The Labute approximate surface area is 197 Å². The number of hydrogen-bond acceptors (Lipinski definition) is 5. The maximum absolute atomic E-state index is 12.8. The van der Waals surface area contributed by atoms with Gasteiger partial charge in [-0.05, 0) is 48.4 Å². The monoisotopic (exact) mass is 454 g/mol. The van der Waals surface area contributed by atoms with E-state index in [4.69, 9.17) is 5.10 Å². The van der Waals surface area contributed by atoms with E-state index in [9.17, 15) is 9.59 Å². The highest BCUT2D eigenvalue weighted by molar-refractivity contribution is 5.94.